The Morgan fingerprint density at radius 1 is 0.880 bits per heavy atom. The van der Waals surface area contributed by atoms with Crippen LogP contribution in [-0.2, 0) is 9.68 Å². The van der Waals surface area contributed by atoms with E-state index >= 15 is 0 Å². The zero-order chi connectivity index (χ0) is 17.7. The lowest BCUT2D eigenvalue weighted by molar-refractivity contribution is -0.0821. The summed E-state index contributed by atoms with van der Waals surface area (Å²) in [6, 6.07) is 0. The van der Waals surface area contributed by atoms with Gasteiger partial charge in [-0.1, -0.05) is 24.2 Å². The highest BCUT2D eigenvalue weighted by atomic mass is 16.6. The molecule has 0 aliphatic heterocycles. The van der Waals surface area contributed by atoms with Crippen LogP contribution >= 0.6 is 0 Å². The van der Waals surface area contributed by atoms with Gasteiger partial charge in [0.1, 0.15) is 14.2 Å². The molecule has 6 atom stereocenters. The van der Waals surface area contributed by atoms with E-state index in [1.54, 1.807) is 14.2 Å². The van der Waals surface area contributed by atoms with Crippen LogP contribution < -0.4 is 0 Å². The molecule has 0 N–H and O–H groups in total. The molecule has 4 rings (SSSR count). The number of oxime groups is 2. The first-order chi connectivity index (χ1) is 12.0. The summed E-state index contributed by atoms with van der Waals surface area (Å²) in [5.41, 5.74) is 3.42. The summed E-state index contributed by atoms with van der Waals surface area (Å²) in [6.45, 7) is 5.07. The minimum Gasteiger partial charge on any atom is -0.399 e. The van der Waals surface area contributed by atoms with Crippen LogP contribution in [0.25, 0.3) is 0 Å². The van der Waals surface area contributed by atoms with Crippen molar-refractivity contribution >= 4 is 11.4 Å². The van der Waals surface area contributed by atoms with Crippen molar-refractivity contribution in [3.05, 3.63) is 0 Å². The topological polar surface area (TPSA) is 43.2 Å². The van der Waals surface area contributed by atoms with Crippen molar-refractivity contribution < 1.29 is 9.68 Å². The maximum atomic E-state index is 5.18. The molecule has 0 aromatic carbocycles. The van der Waals surface area contributed by atoms with Crippen LogP contribution in [0.15, 0.2) is 10.3 Å². The molecule has 4 aliphatic carbocycles. The van der Waals surface area contributed by atoms with Gasteiger partial charge in [-0.3, -0.25) is 0 Å². The maximum Gasteiger partial charge on any atom is 0.106 e. The van der Waals surface area contributed by atoms with Crippen molar-refractivity contribution in [3.8, 4) is 0 Å². The molecule has 0 heterocycles. The molecule has 0 radical (unpaired) electrons. The second-order valence-corrected chi connectivity index (χ2v) is 9.42. The number of nitrogens with zero attached hydrogens (tertiary/aromatic N) is 2. The average Bonchev–Trinajstić information content (AvgIpc) is 2.93. The second kappa shape index (κ2) is 6.28. The van der Waals surface area contributed by atoms with E-state index in [0.29, 0.717) is 5.41 Å². The van der Waals surface area contributed by atoms with Crippen molar-refractivity contribution in [1.82, 2.24) is 0 Å². The fourth-order valence-electron chi connectivity index (χ4n) is 7.32. The Kier molecular flexibility index (Phi) is 4.36. The number of hydrogen-bond acceptors (Lipinski definition) is 4. The largest absolute Gasteiger partial charge is 0.399 e. The van der Waals surface area contributed by atoms with E-state index in [1.807, 2.05) is 0 Å². The molecule has 0 unspecified atom stereocenters. The van der Waals surface area contributed by atoms with Gasteiger partial charge in [0.25, 0.3) is 0 Å². The first-order valence-corrected chi connectivity index (χ1v) is 10.2. The summed E-state index contributed by atoms with van der Waals surface area (Å²) >= 11 is 0. The Bertz CT molecular complexity index is 586. The van der Waals surface area contributed by atoms with Crippen molar-refractivity contribution in [3.63, 3.8) is 0 Å². The van der Waals surface area contributed by atoms with Gasteiger partial charge < -0.3 is 9.68 Å². The van der Waals surface area contributed by atoms with Crippen molar-refractivity contribution in [2.75, 3.05) is 14.2 Å². The summed E-state index contributed by atoms with van der Waals surface area (Å²) in [6.07, 6.45) is 11.5. The average molecular weight is 347 g/mol. The molecule has 0 bridgehead atoms. The van der Waals surface area contributed by atoms with Gasteiger partial charge in [0.15, 0.2) is 0 Å². The molecule has 140 valence electrons. The van der Waals surface area contributed by atoms with Gasteiger partial charge in [0, 0.05) is 5.41 Å². The standard InChI is InChI=1S/C21H34N2O2/c1-20-11-9-15(22-24-3)13-14(20)5-6-16-17-7-8-19(23-25-4)21(17,2)12-10-18(16)20/h14,16-18H,5-13H2,1-4H3/b22-15-,23-19+/t14-,16-,17-,18-,20-,21-/m0/s1. The minimum absolute atomic E-state index is 0.289. The van der Waals surface area contributed by atoms with E-state index in [4.69, 9.17) is 9.68 Å². The Balaban J connectivity index is 1.58. The van der Waals surface area contributed by atoms with Gasteiger partial charge in [-0.15, -0.1) is 0 Å². The maximum absolute atomic E-state index is 5.18. The molecule has 4 fully saturated rings. The summed E-state index contributed by atoms with van der Waals surface area (Å²) < 4.78 is 0. The van der Waals surface area contributed by atoms with E-state index < -0.39 is 0 Å². The molecule has 4 saturated carbocycles. The molecule has 0 spiro atoms. The zero-order valence-electron chi connectivity index (χ0n) is 16.4. The quantitative estimate of drug-likeness (QED) is 0.658. The molecule has 0 amide bonds. The molecule has 0 saturated heterocycles. The third-order valence-corrected chi connectivity index (χ3v) is 8.66. The summed E-state index contributed by atoms with van der Waals surface area (Å²) in [7, 11) is 3.38. The van der Waals surface area contributed by atoms with Crippen LogP contribution in [-0.4, -0.2) is 25.6 Å². The van der Waals surface area contributed by atoms with Crippen LogP contribution in [0.4, 0.5) is 0 Å². The first kappa shape index (κ1) is 17.4. The summed E-state index contributed by atoms with van der Waals surface area (Å²) in [5.74, 6) is 3.38. The summed E-state index contributed by atoms with van der Waals surface area (Å²) in [4.78, 5) is 10.2. The predicted octanol–water partition coefficient (Wildman–Crippen LogP) is 5.03. The highest BCUT2D eigenvalue weighted by molar-refractivity contribution is 5.92. The molecule has 4 nitrogen and oxygen atoms in total. The van der Waals surface area contributed by atoms with Gasteiger partial charge in [-0.25, -0.2) is 0 Å². The first-order valence-electron chi connectivity index (χ1n) is 10.2. The Labute approximate surface area is 152 Å². The van der Waals surface area contributed by atoms with Gasteiger partial charge in [0.2, 0.25) is 0 Å². The molecule has 0 aromatic rings. The summed E-state index contributed by atoms with van der Waals surface area (Å²) in [5, 5.41) is 8.73. The predicted molar refractivity (Wildman–Crippen MR) is 101 cm³/mol. The molecule has 0 aromatic heterocycles. The fraction of sp³-hybridized carbons (Fsp3) is 0.905. The number of rotatable bonds is 2. The zero-order valence-corrected chi connectivity index (χ0v) is 16.4. The van der Waals surface area contributed by atoms with E-state index in [-0.39, 0.29) is 5.41 Å². The van der Waals surface area contributed by atoms with Gasteiger partial charge >= 0.3 is 0 Å². The monoisotopic (exact) mass is 346 g/mol. The van der Waals surface area contributed by atoms with Crippen LogP contribution in [0.5, 0.6) is 0 Å². The third-order valence-electron chi connectivity index (χ3n) is 8.66. The lowest BCUT2D eigenvalue weighted by Gasteiger charge is -2.59. The second-order valence-electron chi connectivity index (χ2n) is 9.42. The van der Waals surface area contributed by atoms with E-state index in [0.717, 1.165) is 42.9 Å². The lowest BCUT2D eigenvalue weighted by atomic mass is 9.45. The van der Waals surface area contributed by atoms with E-state index in [1.165, 1.54) is 49.9 Å². The fourth-order valence-corrected chi connectivity index (χ4v) is 7.32. The molecular weight excluding hydrogens is 312 g/mol. The van der Waals surface area contributed by atoms with E-state index in [9.17, 15) is 0 Å². The van der Waals surface area contributed by atoms with Crippen LogP contribution in [0.1, 0.15) is 71.6 Å². The highest BCUT2D eigenvalue weighted by Crippen LogP contribution is 2.65. The van der Waals surface area contributed by atoms with Gasteiger partial charge in [0.05, 0.1) is 11.4 Å². The van der Waals surface area contributed by atoms with Crippen molar-refractivity contribution in [2.45, 2.75) is 71.6 Å². The van der Waals surface area contributed by atoms with Crippen molar-refractivity contribution in [2.24, 2.45) is 44.8 Å². The molecule has 25 heavy (non-hydrogen) atoms. The minimum atomic E-state index is 0.289. The SMILES string of the molecule is CO/N=C1/CC[C@@]2(C)[C@@H](CC[C@@H]3[C@@H]2CC[C@]2(C)/C(=N/OC)CC[C@@H]32)C1. The Morgan fingerprint density at radius 2 is 1.68 bits per heavy atom. The lowest BCUT2D eigenvalue weighted by Crippen LogP contribution is -2.53. The van der Waals surface area contributed by atoms with Gasteiger partial charge in [-0.2, -0.15) is 0 Å². The number of hydrogen-bond donors (Lipinski definition) is 0. The van der Waals surface area contributed by atoms with Crippen LogP contribution in [0.3, 0.4) is 0 Å². The molecule has 4 heteroatoms. The number of fused-ring (bicyclic) bond motifs is 5. The third kappa shape index (κ3) is 2.54. The van der Waals surface area contributed by atoms with Crippen LogP contribution in [0.2, 0.25) is 0 Å². The van der Waals surface area contributed by atoms with Gasteiger partial charge in [-0.05, 0) is 86.9 Å². The highest BCUT2D eigenvalue weighted by Gasteiger charge is 2.59. The Morgan fingerprint density at radius 3 is 2.44 bits per heavy atom. The normalized spacial score (nSPS) is 49.4. The smallest absolute Gasteiger partial charge is 0.106 e. The Hall–Kier alpha value is -1.06. The molecule has 4 aliphatic rings. The van der Waals surface area contributed by atoms with Crippen molar-refractivity contribution in [1.29, 1.82) is 0 Å². The van der Waals surface area contributed by atoms with E-state index in [2.05, 4.69) is 24.2 Å². The molecular formula is C21H34N2O2. The van der Waals surface area contributed by atoms with Crippen LogP contribution in [0, 0.1) is 34.5 Å².